The van der Waals surface area contributed by atoms with E-state index in [0.29, 0.717) is 126 Å². The van der Waals surface area contributed by atoms with Crippen molar-refractivity contribution < 1.29 is 52.1 Å². The monoisotopic (exact) mass is 646 g/mol. The third kappa shape index (κ3) is 31.0. The molecular weight excluding hydrogens is 584 g/mol. The summed E-state index contributed by atoms with van der Waals surface area (Å²) in [6, 6.07) is 9.89. The van der Waals surface area contributed by atoms with Crippen molar-refractivity contribution in [3.8, 4) is 5.75 Å². The zero-order chi connectivity index (χ0) is 32.1. The molecule has 0 bridgehead atoms. The lowest BCUT2D eigenvalue weighted by molar-refractivity contribution is -0.0282. The second-order valence-corrected chi connectivity index (χ2v) is 10.1. The van der Waals surface area contributed by atoms with Gasteiger partial charge in [0.2, 0.25) is 0 Å². The smallest absolute Gasteiger partial charge is 0.122 e. The highest BCUT2D eigenvalue weighted by molar-refractivity contribution is 5.21. The van der Waals surface area contributed by atoms with Crippen molar-refractivity contribution >= 4 is 0 Å². The zero-order valence-corrected chi connectivity index (χ0v) is 28.1. The SMILES string of the molecule is CCCCOCCOCCOCCOCCOCCOCCOCCOCCOCCOCC(CCCC)Oc1ccccc1. The fourth-order valence-electron chi connectivity index (χ4n) is 3.74. The van der Waals surface area contributed by atoms with Gasteiger partial charge in [0.25, 0.3) is 0 Å². The molecule has 1 rings (SSSR count). The summed E-state index contributed by atoms with van der Waals surface area (Å²) in [5.74, 6) is 0.880. The molecule has 1 unspecified atom stereocenters. The minimum absolute atomic E-state index is 0.0547. The second-order valence-electron chi connectivity index (χ2n) is 10.1. The van der Waals surface area contributed by atoms with Crippen molar-refractivity contribution in [3.63, 3.8) is 0 Å². The fourth-order valence-corrected chi connectivity index (χ4v) is 3.74. The Morgan fingerprint density at radius 3 is 1.09 bits per heavy atom. The van der Waals surface area contributed by atoms with Crippen LogP contribution in [-0.4, -0.2) is 138 Å². The predicted octanol–water partition coefficient (Wildman–Crippen LogP) is 4.59. The van der Waals surface area contributed by atoms with Gasteiger partial charge in [-0.15, -0.1) is 0 Å². The van der Waals surface area contributed by atoms with Gasteiger partial charge < -0.3 is 52.1 Å². The van der Waals surface area contributed by atoms with Crippen LogP contribution in [0.5, 0.6) is 5.75 Å². The Hall–Kier alpha value is -1.38. The Balaban J connectivity index is 1.72. The normalized spacial score (nSPS) is 12.1. The van der Waals surface area contributed by atoms with Crippen molar-refractivity contribution in [2.45, 2.75) is 52.1 Å². The minimum atomic E-state index is 0.0547. The van der Waals surface area contributed by atoms with Gasteiger partial charge in [-0.25, -0.2) is 0 Å². The molecule has 0 spiro atoms. The van der Waals surface area contributed by atoms with Crippen molar-refractivity contribution in [3.05, 3.63) is 30.3 Å². The van der Waals surface area contributed by atoms with E-state index in [-0.39, 0.29) is 6.10 Å². The topological polar surface area (TPSA) is 102 Å². The van der Waals surface area contributed by atoms with E-state index in [1.54, 1.807) is 0 Å². The van der Waals surface area contributed by atoms with Gasteiger partial charge in [-0.05, 0) is 31.4 Å². The molecule has 0 heterocycles. The molecule has 0 N–H and O–H groups in total. The van der Waals surface area contributed by atoms with Crippen LogP contribution in [0.1, 0.15) is 46.0 Å². The van der Waals surface area contributed by atoms with Crippen molar-refractivity contribution in [1.29, 1.82) is 0 Å². The summed E-state index contributed by atoms with van der Waals surface area (Å²) >= 11 is 0. The molecule has 0 aliphatic rings. The molecule has 1 aromatic rings. The maximum absolute atomic E-state index is 6.06. The second kappa shape index (κ2) is 35.5. The summed E-state index contributed by atoms with van der Waals surface area (Å²) in [7, 11) is 0. The van der Waals surface area contributed by atoms with Crippen molar-refractivity contribution in [1.82, 2.24) is 0 Å². The first kappa shape index (κ1) is 41.6. The number of para-hydroxylation sites is 1. The molecule has 45 heavy (non-hydrogen) atoms. The lowest BCUT2D eigenvalue weighted by Crippen LogP contribution is -2.24. The van der Waals surface area contributed by atoms with Crippen molar-refractivity contribution in [2.75, 3.05) is 132 Å². The summed E-state index contributed by atoms with van der Waals surface area (Å²) in [6.07, 6.45) is 5.52. The summed E-state index contributed by atoms with van der Waals surface area (Å²) in [6.45, 7) is 15.4. The van der Waals surface area contributed by atoms with Crippen LogP contribution in [-0.2, 0) is 47.4 Å². The molecule has 11 nitrogen and oxygen atoms in total. The third-order valence-electron chi connectivity index (χ3n) is 6.22. The summed E-state index contributed by atoms with van der Waals surface area (Å²) < 4.78 is 61.3. The highest BCUT2D eigenvalue weighted by Crippen LogP contribution is 2.14. The fraction of sp³-hybridized carbons (Fsp3) is 0.824. The molecule has 1 aromatic carbocycles. The van der Waals surface area contributed by atoms with Crippen LogP contribution in [0.2, 0.25) is 0 Å². The number of unbranched alkanes of at least 4 members (excludes halogenated alkanes) is 2. The van der Waals surface area contributed by atoms with Crippen LogP contribution < -0.4 is 4.74 Å². The first-order chi connectivity index (χ1) is 22.4. The third-order valence-corrected chi connectivity index (χ3v) is 6.22. The van der Waals surface area contributed by atoms with Gasteiger partial charge in [0.1, 0.15) is 11.9 Å². The minimum Gasteiger partial charge on any atom is -0.488 e. The summed E-state index contributed by atoms with van der Waals surface area (Å²) in [4.78, 5) is 0. The van der Waals surface area contributed by atoms with E-state index in [2.05, 4.69) is 13.8 Å². The number of hydrogen-bond donors (Lipinski definition) is 0. The average Bonchev–Trinajstić information content (AvgIpc) is 3.06. The largest absolute Gasteiger partial charge is 0.488 e. The molecule has 1 atom stereocenters. The van der Waals surface area contributed by atoms with E-state index in [9.17, 15) is 0 Å². The van der Waals surface area contributed by atoms with Crippen LogP contribution >= 0.6 is 0 Å². The Labute approximate surface area is 272 Å². The summed E-state index contributed by atoms with van der Waals surface area (Å²) in [5, 5.41) is 0. The van der Waals surface area contributed by atoms with Crippen LogP contribution in [0.25, 0.3) is 0 Å². The molecule has 0 aromatic heterocycles. The predicted molar refractivity (Wildman–Crippen MR) is 173 cm³/mol. The van der Waals surface area contributed by atoms with Gasteiger partial charge in [0.15, 0.2) is 0 Å². The standard InChI is InChI=1S/C34H62O11/c1-3-5-10-34(45-33-11-8-7-9-12-33)32-44-31-30-43-29-28-42-27-26-41-25-24-40-23-22-39-21-20-38-19-18-37-17-16-36-15-14-35-13-6-4-2/h7-9,11-12,34H,3-6,10,13-32H2,1-2H3. The van der Waals surface area contributed by atoms with Crippen LogP contribution in [0.15, 0.2) is 30.3 Å². The molecule has 0 fully saturated rings. The molecule has 0 radical (unpaired) electrons. The molecule has 0 aliphatic heterocycles. The van der Waals surface area contributed by atoms with Gasteiger partial charge in [-0.3, -0.25) is 0 Å². The van der Waals surface area contributed by atoms with Crippen molar-refractivity contribution in [2.24, 2.45) is 0 Å². The maximum atomic E-state index is 6.06. The molecule has 0 amide bonds. The van der Waals surface area contributed by atoms with Crippen LogP contribution in [0.4, 0.5) is 0 Å². The van der Waals surface area contributed by atoms with Gasteiger partial charge in [-0.1, -0.05) is 44.9 Å². The van der Waals surface area contributed by atoms with Crippen LogP contribution in [0.3, 0.4) is 0 Å². The highest BCUT2D eigenvalue weighted by Gasteiger charge is 2.10. The highest BCUT2D eigenvalue weighted by atomic mass is 16.6. The van der Waals surface area contributed by atoms with E-state index in [1.165, 1.54) is 0 Å². The van der Waals surface area contributed by atoms with E-state index in [4.69, 9.17) is 52.1 Å². The number of benzene rings is 1. The Kier molecular flexibility index (Phi) is 32.8. The van der Waals surface area contributed by atoms with E-state index < -0.39 is 0 Å². The average molecular weight is 647 g/mol. The first-order valence-corrected chi connectivity index (χ1v) is 16.9. The van der Waals surface area contributed by atoms with Gasteiger partial charge in [0.05, 0.1) is 126 Å². The van der Waals surface area contributed by atoms with Gasteiger partial charge >= 0.3 is 0 Å². The first-order valence-electron chi connectivity index (χ1n) is 16.9. The van der Waals surface area contributed by atoms with Crippen LogP contribution in [0, 0.1) is 0 Å². The van der Waals surface area contributed by atoms with Gasteiger partial charge in [0, 0.05) is 6.61 Å². The lowest BCUT2D eigenvalue weighted by atomic mass is 10.2. The molecule has 264 valence electrons. The molecular formula is C34H62O11. The Morgan fingerprint density at radius 2 is 0.733 bits per heavy atom. The lowest BCUT2D eigenvalue weighted by Gasteiger charge is -2.19. The zero-order valence-electron chi connectivity index (χ0n) is 28.1. The molecule has 0 saturated carbocycles. The molecule has 0 aliphatic carbocycles. The maximum Gasteiger partial charge on any atom is 0.122 e. The van der Waals surface area contributed by atoms with E-state index in [1.807, 2.05) is 30.3 Å². The summed E-state index contributed by atoms with van der Waals surface area (Å²) in [5.41, 5.74) is 0. The Bertz CT molecular complexity index is 683. The number of rotatable bonds is 37. The molecule has 0 saturated heterocycles. The van der Waals surface area contributed by atoms with E-state index >= 15 is 0 Å². The quantitative estimate of drug-likeness (QED) is 0.0949. The van der Waals surface area contributed by atoms with E-state index in [0.717, 1.165) is 44.5 Å². The van der Waals surface area contributed by atoms with Gasteiger partial charge in [-0.2, -0.15) is 0 Å². The number of hydrogen-bond acceptors (Lipinski definition) is 11. The Morgan fingerprint density at radius 1 is 0.400 bits per heavy atom. The number of ether oxygens (including phenoxy) is 11. The molecule has 11 heteroatoms.